The van der Waals surface area contributed by atoms with Gasteiger partial charge >= 0.3 is 6.18 Å². The molecule has 2 aromatic rings. The molecule has 1 aromatic heterocycles. The van der Waals surface area contributed by atoms with E-state index in [-0.39, 0.29) is 25.0 Å². The third-order valence-corrected chi connectivity index (χ3v) is 4.71. The largest absolute Gasteiger partial charge is 0.493 e. The monoisotopic (exact) mass is 466 g/mol. The van der Waals surface area contributed by atoms with Gasteiger partial charge in [0, 0.05) is 12.1 Å². The average Bonchev–Trinajstić information content (AvgIpc) is 3.14. The number of halogens is 6. The first-order chi connectivity index (χ1) is 14.6. The standard InChI is InChI=1S/C18H20ClF5N6O/c1-9(18(22,23)24)28-16-14(15(19)29-17-26-8-27-30(16)17)13-11(20)6-10(7-12(13)21)31-5-3-4-25-2/h6-7,9,25,27H,3-5,8H2,1-2H3,(H,26,29)/t9-/m0/s1. The van der Waals surface area contributed by atoms with Crippen LogP contribution >= 0.6 is 11.6 Å². The second-order valence-corrected chi connectivity index (χ2v) is 7.04. The zero-order valence-electron chi connectivity index (χ0n) is 16.6. The van der Waals surface area contributed by atoms with Crippen LogP contribution in [0.15, 0.2) is 17.1 Å². The van der Waals surface area contributed by atoms with Gasteiger partial charge in [-0.1, -0.05) is 11.6 Å². The second kappa shape index (κ2) is 9.27. The molecule has 0 aliphatic carbocycles. The van der Waals surface area contributed by atoms with Crippen LogP contribution in [0.3, 0.4) is 0 Å². The highest BCUT2D eigenvalue weighted by molar-refractivity contribution is 6.32. The van der Waals surface area contributed by atoms with Crippen LogP contribution in [0.25, 0.3) is 11.1 Å². The number of nitrogens with one attached hydrogen (secondary N) is 3. The SMILES string of the molecule is CNCCCOc1cc(F)c(-c2c(Cl)nc3n(c2=N[C@@H](C)C(F)(F)F)NCN3)c(F)c1. The normalized spacial score (nSPS) is 14.8. The Morgan fingerprint density at radius 2 is 1.97 bits per heavy atom. The molecule has 0 spiro atoms. The summed E-state index contributed by atoms with van der Waals surface area (Å²) < 4.78 is 75.7. The summed E-state index contributed by atoms with van der Waals surface area (Å²) >= 11 is 6.14. The minimum atomic E-state index is -4.67. The summed E-state index contributed by atoms with van der Waals surface area (Å²) in [4.78, 5) is 7.63. The number of hydrogen-bond donors (Lipinski definition) is 3. The average molecular weight is 467 g/mol. The van der Waals surface area contributed by atoms with Crippen molar-refractivity contribution in [2.24, 2.45) is 4.99 Å². The van der Waals surface area contributed by atoms with Gasteiger partial charge in [-0.15, -0.1) is 0 Å². The van der Waals surface area contributed by atoms with Crippen molar-refractivity contribution in [3.8, 4) is 16.9 Å². The van der Waals surface area contributed by atoms with E-state index in [1.807, 2.05) is 0 Å². The van der Waals surface area contributed by atoms with Crippen molar-refractivity contribution in [1.29, 1.82) is 0 Å². The number of nitrogens with zero attached hydrogens (tertiary/aromatic N) is 3. The Kier molecular flexibility index (Phi) is 6.90. The summed E-state index contributed by atoms with van der Waals surface area (Å²) in [6, 6.07) is -0.284. The van der Waals surface area contributed by atoms with E-state index in [0.717, 1.165) is 23.7 Å². The van der Waals surface area contributed by atoms with E-state index in [4.69, 9.17) is 16.3 Å². The minimum Gasteiger partial charge on any atom is -0.493 e. The van der Waals surface area contributed by atoms with Crippen LogP contribution in [0, 0.1) is 11.6 Å². The number of benzene rings is 1. The number of ether oxygens (including phenoxy) is 1. The molecule has 0 saturated heterocycles. The van der Waals surface area contributed by atoms with Gasteiger partial charge in [-0.3, -0.25) is 4.99 Å². The summed E-state index contributed by atoms with van der Waals surface area (Å²) in [6.45, 7) is 1.80. The topological polar surface area (TPSA) is 75.5 Å². The van der Waals surface area contributed by atoms with Crippen LogP contribution in [0.4, 0.5) is 27.9 Å². The summed E-state index contributed by atoms with van der Waals surface area (Å²) in [7, 11) is 1.76. The molecule has 3 rings (SSSR count). The van der Waals surface area contributed by atoms with Crippen molar-refractivity contribution in [3.63, 3.8) is 0 Å². The highest BCUT2D eigenvalue weighted by Crippen LogP contribution is 2.33. The van der Waals surface area contributed by atoms with E-state index in [0.29, 0.717) is 13.0 Å². The molecule has 1 atom stereocenters. The number of anilines is 1. The van der Waals surface area contributed by atoms with Crippen LogP contribution in [0.1, 0.15) is 13.3 Å². The van der Waals surface area contributed by atoms with Crippen molar-refractivity contribution < 1.29 is 26.7 Å². The highest BCUT2D eigenvalue weighted by Gasteiger charge is 2.36. The predicted molar refractivity (Wildman–Crippen MR) is 106 cm³/mol. The van der Waals surface area contributed by atoms with Crippen molar-refractivity contribution in [2.45, 2.75) is 25.6 Å². The molecule has 170 valence electrons. The fourth-order valence-corrected chi connectivity index (χ4v) is 3.13. The molecule has 1 aromatic carbocycles. The smallest absolute Gasteiger partial charge is 0.410 e. The first kappa shape index (κ1) is 23.1. The van der Waals surface area contributed by atoms with Gasteiger partial charge in [0.1, 0.15) is 35.2 Å². The van der Waals surface area contributed by atoms with Gasteiger partial charge in [0.15, 0.2) is 5.49 Å². The molecule has 0 radical (unpaired) electrons. The molecule has 3 N–H and O–H groups in total. The van der Waals surface area contributed by atoms with Crippen molar-refractivity contribution in [2.75, 3.05) is 37.6 Å². The molecule has 0 bridgehead atoms. The Morgan fingerprint density at radius 3 is 2.58 bits per heavy atom. The van der Waals surface area contributed by atoms with Crippen molar-refractivity contribution in [3.05, 3.63) is 34.4 Å². The van der Waals surface area contributed by atoms with E-state index in [1.54, 1.807) is 7.05 Å². The Bertz CT molecular complexity index is 1000. The fraction of sp³-hybridized carbons (Fsp3) is 0.444. The highest BCUT2D eigenvalue weighted by atomic mass is 35.5. The first-order valence-electron chi connectivity index (χ1n) is 9.31. The second-order valence-electron chi connectivity index (χ2n) is 6.69. The van der Waals surface area contributed by atoms with Gasteiger partial charge in [0.25, 0.3) is 0 Å². The van der Waals surface area contributed by atoms with Crippen LogP contribution in [0.2, 0.25) is 5.15 Å². The van der Waals surface area contributed by atoms with Gasteiger partial charge in [-0.05, 0) is 26.9 Å². The molecule has 0 amide bonds. The Morgan fingerprint density at radius 1 is 1.29 bits per heavy atom. The Labute approximate surface area is 179 Å². The van der Waals surface area contributed by atoms with Gasteiger partial charge in [0.2, 0.25) is 5.95 Å². The molecule has 0 saturated carbocycles. The van der Waals surface area contributed by atoms with Crippen LogP contribution < -0.4 is 26.3 Å². The Hall–Kier alpha value is -2.60. The van der Waals surface area contributed by atoms with E-state index in [2.05, 4.69) is 26.0 Å². The first-order valence-corrected chi connectivity index (χ1v) is 9.69. The van der Waals surface area contributed by atoms with E-state index in [1.165, 1.54) is 0 Å². The Balaban J connectivity index is 2.14. The number of fused-ring (bicyclic) bond motifs is 1. The molecule has 13 heteroatoms. The maximum atomic E-state index is 14.9. The fourth-order valence-electron chi connectivity index (χ4n) is 2.87. The zero-order chi connectivity index (χ0) is 22.8. The van der Waals surface area contributed by atoms with Crippen molar-refractivity contribution >= 4 is 17.5 Å². The lowest BCUT2D eigenvalue weighted by Gasteiger charge is -2.16. The van der Waals surface area contributed by atoms with Crippen LogP contribution in [-0.2, 0) is 0 Å². The van der Waals surface area contributed by atoms with Gasteiger partial charge in [0.05, 0.1) is 17.7 Å². The van der Waals surface area contributed by atoms with E-state index < -0.39 is 45.6 Å². The third kappa shape index (κ3) is 5.01. The van der Waals surface area contributed by atoms with E-state index >= 15 is 0 Å². The number of rotatable bonds is 7. The maximum Gasteiger partial charge on any atom is 0.410 e. The van der Waals surface area contributed by atoms with Gasteiger partial charge < -0.3 is 20.8 Å². The van der Waals surface area contributed by atoms with Gasteiger partial charge in [-0.25, -0.2) is 18.4 Å². The lowest BCUT2D eigenvalue weighted by Crippen LogP contribution is -2.33. The molecule has 31 heavy (non-hydrogen) atoms. The number of alkyl halides is 3. The summed E-state index contributed by atoms with van der Waals surface area (Å²) in [6.07, 6.45) is -4.07. The molecular weight excluding hydrogens is 447 g/mol. The molecule has 0 fully saturated rings. The molecule has 2 heterocycles. The number of hydrogen-bond acceptors (Lipinski definition) is 6. The predicted octanol–water partition coefficient (Wildman–Crippen LogP) is 3.25. The van der Waals surface area contributed by atoms with E-state index in [9.17, 15) is 22.0 Å². The third-order valence-electron chi connectivity index (χ3n) is 4.44. The quantitative estimate of drug-likeness (QED) is 0.332. The molecule has 1 aliphatic rings. The lowest BCUT2D eigenvalue weighted by atomic mass is 10.1. The zero-order valence-corrected chi connectivity index (χ0v) is 17.3. The molecule has 7 nitrogen and oxygen atoms in total. The molecule has 1 aliphatic heterocycles. The minimum absolute atomic E-state index is 0.0605. The summed E-state index contributed by atoms with van der Waals surface area (Å²) in [5.74, 6) is -2.15. The van der Waals surface area contributed by atoms with Gasteiger partial charge in [-0.2, -0.15) is 13.2 Å². The lowest BCUT2D eigenvalue weighted by molar-refractivity contribution is -0.143. The van der Waals surface area contributed by atoms with Crippen LogP contribution in [-0.4, -0.2) is 48.7 Å². The molecular formula is C18H20ClF5N6O. The maximum absolute atomic E-state index is 14.9. The van der Waals surface area contributed by atoms with Crippen LogP contribution in [0.5, 0.6) is 5.75 Å². The summed E-state index contributed by atoms with van der Waals surface area (Å²) in [5.41, 5.74) is 1.23. The summed E-state index contributed by atoms with van der Waals surface area (Å²) in [5, 5.41) is 5.25. The molecule has 0 unspecified atom stereocenters. The van der Waals surface area contributed by atoms with Crippen molar-refractivity contribution in [1.82, 2.24) is 15.0 Å². The number of aromatic nitrogens is 2.